The molecular formula is C9H17N5O. The van der Waals surface area contributed by atoms with Crippen molar-refractivity contribution < 1.29 is 4.79 Å². The summed E-state index contributed by atoms with van der Waals surface area (Å²) in [5.74, 6) is 0.562. The van der Waals surface area contributed by atoms with Crippen molar-refractivity contribution in [3.05, 3.63) is 5.82 Å². The number of aromatic nitrogens is 4. The summed E-state index contributed by atoms with van der Waals surface area (Å²) in [4.78, 5) is 11.4. The van der Waals surface area contributed by atoms with E-state index in [1.807, 2.05) is 0 Å². The van der Waals surface area contributed by atoms with Gasteiger partial charge in [-0.05, 0) is 16.8 Å². The van der Waals surface area contributed by atoms with Crippen LogP contribution in [0.3, 0.4) is 0 Å². The molecule has 0 spiro atoms. The monoisotopic (exact) mass is 211 g/mol. The minimum Gasteiger partial charge on any atom is -0.356 e. The first-order chi connectivity index (χ1) is 7.24. The number of hydrogen-bond acceptors (Lipinski definition) is 4. The number of nitrogens with one attached hydrogen (secondary N) is 1. The molecule has 15 heavy (non-hydrogen) atoms. The smallest absolute Gasteiger partial charge is 0.227 e. The summed E-state index contributed by atoms with van der Waals surface area (Å²) >= 11 is 0. The Labute approximate surface area is 89.0 Å². The summed E-state index contributed by atoms with van der Waals surface area (Å²) in [5.41, 5.74) is 0. The van der Waals surface area contributed by atoms with Gasteiger partial charge in [0, 0.05) is 13.6 Å². The number of tetrazole rings is 1. The molecule has 1 N–H and O–H groups in total. The van der Waals surface area contributed by atoms with Crippen LogP contribution in [0.25, 0.3) is 0 Å². The highest BCUT2D eigenvalue weighted by atomic mass is 16.1. The Morgan fingerprint density at radius 2 is 2.27 bits per heavy atom. The first-order valence-corrected chi connectivity index (χ1v) is 5.22. The van der Waals surface area contributed by atoms with Crippen LogP contribution in [-0.2, 0) is 18.3 Å². The first kappa shape index (κ1) is 11.6. The summed E-state index contributed by atoms with van der Waals surface area (Å²) in [6, 6.07) is 0. The van der Waals surface area contributed by atoms with E-state index in [-0.39, 0.29) is 12.3 Å². The van der Waals surface area contributed by atoms with E-state index in [0.29, 0.717) is 5.82 Å². The molecule has 0 fully saturated rings. The van der Waals surface area contributed by atoms with Gasteiger partial charge in [-0.3, -0.25) is 4.79 Å². The van der Waals surface area contributed by atoms with Crippen molar-refractivity contribution in [2.75, 3.05) is 6.54 Å². The van der Waals surface area contributed by atoms with Gasteiger partial charge in [-0.2, -0.15) is 0 Å². The Morgan fingerprint density at radius 3 is 2.87 bits per heavy atom. The summed E-state index contributed by atoms with van der Waals surface area (Å²) in [5, 5.41) is 13.7. The average molecular weight is 211 g/mol. The molecule has 0 aliphatic rings. The van der Waals surface area contributed by atoms with E-state index in [1.54, 1.807) is 7.05 Å². The van der Waals surface area contributed by atoms with E-state index < -0.39 is 0 Å². The minimum atomic E-state index is -0.0241. The number of amides is 1. The van der Waals surface area contributed by atoms with E-state index in [2.05, 4.69) is 27.8 Å². The molecule has 0 aliphatic carbocycles. The lowest BCUT2D eigenvalue weighted by Gasteiger charge is -2.03. The molecule has 1 aromatic heterocycles. The molecular weight excluding hydrogens is 194 g/mol. The molecule has 0 radical (unpaired) electrons. The van der Waals surface area contributed by atoms with E-state index >= 15 is 0 Å². The third-order valence-corrected chi connectivity index (χ3v) is 2.13. The second-order valence-electron chi connectivity index (χ2n) is 3.45. The summed E-state index contributed by atoms with van der Waals surface area (Å²) in [6.45, 7) is 2.87. The fourth-order valence-electron chi connectivity index (χ4n) is 1.21. The Balaban J connectivity index is 2.22. The van der Waals surface area contributed by atoms with Crippen LogP contribution in [0.1, 0.15) is 32.0 Å². The number of unbranched alkanes of at least 4 members (excludes halogenated alkanes) is 2. The molecule has 84 valence electrons. The van der Waals surface area contributed by atoms with Gasteiger partial charge in [0.25, 0.3) is 0 Å². The Bertz CT molecular complexity index is 309. The van der Waals surface area contributed by atoms with Gasteiger partial charge in [0.1, 0.15) is 0 Å². The zero-order chi connectivity index (χ0) is 11.1. The first-order valence-electron chi connectivity index (χ1n) is 5.22. The van der Waals surface area contributed by atoms with Crippen LogP contribution in [0.15, 0.2) is 0 Å². The van der Waals surface area contributed by atoms with Gasteiger partial charge in [0.05, 0.1) is 6.42 Å². The van der Waals surface area contributed by atoms with Crippen molar-refractivity contribution in [3.63, 3.8) is 0 Å². The highest BCUT2D eigenvalue weighted by Gasteiger charge is 2.07. The third-order valence-electron chi connectivity index (χ3n) is 2.13. The molecule has 0 saturated carbocycles. The Kier molecular flexibility index (Phi) is 4.73. The van der Waals surface area contributed by atoms with Crippen LogP contribution in [-0.4, -0.2) is 32.7 Å². The molecule has 0 saturated heterocycles. The van der Waals surface area contributed by atoms with Crippen molar-refractivity contribution in [1.82, 2.24) is 25.5 Å². The van der Waals surface area contributed by atoms with Crippen LogP contribution in [0.5, 0.6) is 0 Å². The lowest BCUT2D eigenvalue weighted by atomic mass is 10.2. The lowest BCUT2D eigenvalue weighted by Crippen LogP contribution is -2.27. The van der Waals surface area contributed by atoms with Crippen LogP contribution >= 0.6 is 0 Å². The van der Waals surface area contributed by atoms with Gasteiger partial charge < -0.3 is 5.32 Å². The number of nitrogens with zero attached hydrogens (tertiary/aromatic N) is 4. The third kappa shape index (κ3) is 4.05. The quantitative estimate of drug-likeness (QED) is 0.675. The van der Waals surface area contributed by atoms with Gasteiger partial charge in [-0.1, -0.05) is 19.8 Å². The lowest BCUT2D eigenvalue weighted by molar-refractivity contribution is -0.120. The SMILES string of the molecule is CCCCCNC(=O)Cc1nnnn1C. The predicted molar refractivity (Wildman–Crippen MR) is 55.0 cm³/mol. The largest absolute Gasteiger partial charge is 0.356 e. The molecule has 0 atom stereocenters. The maximum absolute atomic E-state index is 11.4. The van der Waals surface area contributed by atoms with E-state index in [1.165, 1.54) is 4.68 Å². The van der Waals surface area contributed by atoms with Crippen molar-refractivity contribution in [1.29, 1.82) is 0 Å². The van der Waals surface area contributed by atoms with Crippen LogP contribution in [0, 0.1) is 0 Å². The highest BCUT2D eigenvalue weighted by molar-refractivity contribution is 5.77. The van der Waals surface area contributed by atoms with Crippen molar-refractivity contribution in [2.24, 2.45) is 7.05 Å². The molecule has 6 nitrogen and oxygen atoms in total. The van der Waals surface area contributed by atoms with Crippen LogP contribution in [0.4, 0.5) is 0 Å². The maximum Gasteiger partial charge on any atom is 0.227 e. The van der Waals surface area contributed by atoms with Gasteiger partial charge in [-0.25, -0.2) is 4.68 Å². The van der Waals surface area contributed by atoms with Gasteiger partial charge in [0.15, 0.2) is 5.82 Å². The molecule has 1 rings (SSSR count). The molecule has 6 heteroatoms. The Hall–Kier alpha value is -1.46. The normalized spacial score (nSPS) is 10.3. The average Bonchev–Trinajstić information content (AvgIpc) is 2.59. The zero-order valence-corrected chi connectivity index (χ0v) is 9.23. The molecule has 0 bridgehead atoms. The summed E-state index contributed by atoms with van der Waals surface area (Å²) in [7, 11) is 1.72. The number of hydrogen-bond donors (Lipinski definition) is 1. The van der Waals surface area contributed by atoms with Crippen molar-refractivity contribution >= 4 is 5.91 Å². The number of aryl methyl sites for hydroxylation is 1. The van der Waals surface area contributed by atoms with E-state index in [9.17, 15) is 4.79 Å². The van der Waals surface area contributed by atoms with Crippen LogP contribution in [0.2, 0.25) is 0 Å². The topological polar surface area (TPSA) is 72.7 Å². The van der Waals surface area contributed by atoms with E-state index in [4.69, 9.17) is 0 Å². The fourth-order valence-corrected chi connectivity index (χ4v) is 1.21. The standard InChI is InChI=1S/C9H17N5O/c1-3-4-5-6-10-9(15)7-8-11-12-13-14(8)2/h3-7H2,1-2H3,(H,10,15). The fraction of sp³-hybridized carbons (Fsp3) is 0.778. The molecule has 0 aromatic carbocycles. The van der Waals surface area contributed by atoms with Crippen molar-refractivity contribution in [3.8, 4) is 0 Å². The van der Waals surface area contributed by atoms with Crippen molar-refractivity contribution in [2.45, 2.75) is 32.6 Å². The number of rotatable bonds is 6. The summed E-state index contributed by atoms with van der Waals surface area (Å²) in [6.07, 6.45) is 3.57. The minimum absolute atomic E-state index is 0.0241. The number of carbonyl (C=O) groups excluding carboxylic acids is 1. The highest BCUT2D eigenvalue weighted by Crippen LogP contribution is 1.93. The predicted octanol–water partition coefficient (Wildman–Crippen LogP) is 0.0590. The van der Waals surface area contributed by atoms with Gasteiger partial charge in [0.2, 0.25) is 5.91 Å². The molecule has 1 heterocycles. The second kappa shape index (κ2) is 6.10. The maximum atomic E-state index is 11.4. The molecule has 1 aromatic rings. The molecule has 0 aliphatic heterocycles. The second-order valence-corrected chi connectivity index (χ2v) is 3.45. The number of carbonyl (C=O) groups is 1. The van der Waals surface area contributed by atoms with Gasteiger partial charge in [-0.15, -0.1) is 5.10 Å². The molecule has 1 amide bonds. The molecule has 0 unspecified atom stereocenters. The Morgan fingerprint density at radius 1 is 1.47 bits per heavy atom. The van der Waals surface area contributed by atoms with Gasteiger partial charge >= 0.3 is 0 Å². The van der Waals surface area contributed by atoms with E-state index in [0.717, 1.165) is 25.8 Å². The zero-order valence-electron chi connectivity index (χ0n) is 9.23. The van der Waals surface area contributed by atoms with Crippen LogP contribution < -0.4 is 5.32 Å². The summed E-state index contributed by atoms with van der Waals surface area (Å²) < 4.78 is 1.51.